The third kappa shape index (κ3) is 3.22. The monoisotopic (exact) mass is 309 g/mol. The zero-order valence-corrected chi connectivity index (χ0v) is 12.9. The Balaban J connectivity index is 3.08. The third-order valence-electron chi connectivity index (χ3n) is 3.23. The molecule has 1 aliphatic rings. The van der Waals surface area contributed by atoms with E-state index in [0.29, 0.717) is 11.5 Å². The predicted octanol–water partition coefficient (Wildman–Crippen LogP) is 0.433. The summed E-state index contributed by atoms with van der Waals surface area (Å²) in [5.74, 6) is -1.02. The molecular weight excluding hydrogens is 290 g/mol. The molecule has 1 unspecified atom stereocenters. The molecule has 0 spiro atoms. The largest absolute Gasteiger partial charge is 0.480 e. The van der Waals surface area contributed by atoms with Gasteiger partial charge < -0.3 is 10.0 Å². The highest BCUT2D eigenvalue weighted by molar-refractivity contribution is 8.01. The van der Waals surface area contributed by atoms with Gasteiger partial charge in [0.1, 0.15) is 10.8 Å². The van der Waals surface area contributed by atoms with Crippen LogP contribution < -0.4 is 0 Å². The molecule has 0 aromatic heterocycles. The van der Waals surface area contributed by atoms with Gasteiger partial charge in [-0.05, 0) is 13.8 Å². The lowest BCUT2D eigenvalue weighted by Crippen LogP contribution is -2.55. The highest BCUT2D eigenvalue weighted by Gasteiger charge is 2.45. The van der Waals surface area contributed by atoms with Gasteiger partial charge in [-0.1, -0.05) is 6.92 Å². The van der Waals surface area contributed by atoms with Gasteiger partial charge in [0.25, 0.3) is 0 Å². The maximum Gasteiger partial charge on any atom is 0.318 e. The third-order valence-corrected chi connectivity index (χ3v) is 6.52. The number of aliphatic carboxylic acids is 1. The van der Waals surface area contributed by atoms with Gasteiger partial charge in [-0.15, -0.1) is 0 Å². The van der Waals surface area contributed by atoms with Crippen LogP contribution in [-0.4, -0.2) is 59.5 Å². The normalized spacial score (nSPS) is 21.2. The Morgan fingerprint density at radius 3 is 2.47 bits per heavy atom. The molecule has 1 amide bonds. The van der Waals surface area contributed by atoms with E-state index in [1.54, 1.807) is 0 Å². The van der Waals surface area contributed by atoms with Crippen LogP contribution in [0.3, 0.4) is 0 Å². The molecule has 0 saturated carbocycles. The van der Waals surface area contributed by atoms with Crippen LogP contribution >= 0.6 is 11.8 Å². The van der Waals surface area contributed by atoms with Crippen LogP contribution in [0.25, 0.3) is 0 Å². The summed E-state index contributed by atoms with van der Waals surface area (Å²) < 4.78 is 24.0. The Bertz CT molecular complexity index is 471. The number of nitrogens with zero attached hydrogens (tertiary/aromatic N) is 1. The minimum Gasteiger partial charge on any atom is -0.480 e. The molecule has 1 rings (SSSR count). The van der Waals surface area contributed by atoms with Crippen LogP contribution in [0, 0.1) is 5.41 Å². The highest BCUT2D eigenvalue weighted by atomic mass is 32.2. The molecule has 0 radical (unpaired) electrons. The molecule has 1 fully saturated rings. The molecular formula is C11H19NO5S2. The van der Waals surface area contributed by atoms with E-state index >= 15 is 0 Å². The number of thioether (sulfide) groups is 1. The highest BCUT2D eigenvalue weighted by Crippen LogP contribution is 2.27. The molecule has 0 aliphatic carbocycles. The number of amides is 1. The molecule has 1 saturated heterocycles. The van der Waals surface area contributed by atoms with Crippen molar-refractivity contribution in [2.24, 2.45) is 5.41 Å². The van der Waals surface area contributed by atoms with Crippen LogP contribution in [0.4, 0.5) is 0 Å². The Kier molecular flexibility index (Phi) is 4.89. The van der Waals surface area contributed by atoms with Crippen LogP contribution in [0.1, 0.15) is 20.8 Å². The first kappa shape index (κ1) is 16.3. The summed E-state index contributed by atoms with van der Waals surface area (Å²) >= 11 is 1.46. The first-order valence-corrected chi connectivity index (χ1v) is 8.85. The Morgan fingerprint density at radius 2 is 2.00 bits per heavy atom. The molecule has 0 aromatic carbocycles. The molecule has 0 aromatic rings. The molecule has 8 heteroatoms. The zero-order valence-electron chi connectivity index (χ0n) is 11.2. The lowest BCUT2D eigenvalue weighted by atomic mass is 9.92. The number of hydrogen-bond donors (Lipinski definition) is 1. The fourth-order valence-corrected chi connectivity index (χ4v) is 4.72. The van der Waals surface area contributed by atoms with Gasteiger partial charge >= 0.3 is 5.97 Å². The van der Waals surface area contributed by atoms with E-state index in [9.17, 15) is 18.0 Å². The van der Waals surface area contributed by atoms with Gasteiger partial charge in [-0.25, -0.2) is 8.42 Å². The minimum atomic E-state index is -3.41. The minimum absolute atomic E-state index is 0.0600. The maximum atomic E-state index is 12.3. The van der Waals surface area contributed by atoms with Crippen molar-refractivity contribution in [1.82, 2.24) is 4.90 Å². The van der Waals surface area contributed by atoms with Gasteiger partial charge in [0.2, 0.25) is 5.91 Å². The summed E-state index contributed by atoms with van der Waals surface area (Å²) in [5.41, 5.74) is -1.61. The average Bonchev–Trinajstić information content (AvgIpc) is 2.37. The average molecular weight is 309 g/mol. The van der Waals surface area contributed by atoms with Crippen molar-refractivity contribution >= 4 is 33.5 Å². The molecule has 1 N–H and O–H groups in total. The van der Waals surface area contributed by atoms with Gasteiger partial charge in [0, 0.05) is 23.8 Å². The fraction of sp³-hybridized carbons (Fsp3) is 0.818. The molecule has 1 aliphatic heterocycles. The zero-order chi connectivity index (χ0) is 14.8. The van der Waals surface area contributed by atoms with Gasteiger partial charge in [0.15, 0.2) is 9.84 Å². The Morgan fingerprint density at radius 1 is 1.42 bits per heavy atom. The van der Waals surface area contributed by atoms with E-state index < -0.39 is 32.5 Å². The van der Waals surface area contributed by atoms with Gasteiger partial charge in [-0.2, -0.15) is 11.8 Å². The van der Waals surface area contributed by atoms with Crippen LogP contribution in [0.2, 0.25) is 0 Å². The molecule has 0 bridgehead atoms. The van der Waals surface area contributed by atoms with Crippen molar-refractivity contribution in [2.45, 2.75) is 26.1 Å². The van der Waals surface area contributed by atoms with E-state index in [2.05, 4.69) is 0 Å². The van der Waals surface area contributed by atoms with E-state index in [-0.39, 0.29) is 12.3 Å². The van der Waals surface area contributed by atoms with Crippen LogP contribution in [-0.2, 0) is 19.4 Å². The summed E-state index contributed by atoms with van der Waals surface area (Å²) in [5, 5.41) is 8.17. The molecule has 19 heavy (non-hydrogen) atoms. The lowest BCUT2D eigenvalue weighted by molar-refractivity contribution is -0.158. The standard InChI is InChI=1S/C11H19NO5S2/c1-4-19(16,17)8-7-18-6-5-12(8)9(13)11(2,3)10(14)15/h8H,4-7H2,1-3H3,(H,14,15). The molecule has 1 heterocycles. The molecule has 1 atom stereocenters. The van der Waals surface area contributed by atoms with Crippen molar-refractivity contribution in [3.63, 3.8) is 0 Å². The summed E-state index contributed by atoms with van der Waals surface area (Å²) in [6.07, 6.45) is 0. The first-order chi connectivity index (χ1) is 8.64. The number of carboxylic acid groups (broad SMARTS) is 1. The Hall–Kier alpha value is -0.760. The summed E-state index contributed by atoms with van der Waals surface area (Å²) in [6, 6.07) is 0. The number of carboxylic acids is 1. The number of carbonyl (C=O) groups is 2. The molecule has 6 nitrogen and oxygen atoms in total. The van der Waals surface area contributed by atoms with Crippen molar-refractivity contribution in [3.8, 4) is 0 Å². The summed E-state index contributed by atoms with van der Waals surface area (Å²) in [7, 11) is -3.41. The maximum absolute atomic E-state index is 12.3. The number of sulfone groups is 1. The number of rotatable bonds is 4. The second-order valence-corrected chi connectivity index (χ2v) is 8.51. The van der Waals surface area contributed by atoms with E-state index in [1.165, 1.54) is 37.4 Å². The second-order valence-electron chi connectivity index (χ2n) is 4.91. The van der Waals surface area contributed by atoms with Crippen LogP contribution in [0.15, 0.2) is 0 Å². The van der Waals surface area contributed by atoms with E-state index in [1.807, 2.05) is 0 Å². The second kappa shape index (κ2) is 5.70. The molecule has 110 valence electrons. The van der Waals surface area contributed by atoms with Crippen molar-refractivity contribution < 1.29 is 23.1 Å². The lowest BCUT2D eigenvalue weighted by Gasteiger charge is -2.38. The number of hydrogen-bond acceptors (Lipinski definition) is 5. The van der Waals surface area contributed by atoms with Gasteiger partial charge in [0.05, 0.1) is 0 Å². The van der Waals surface area contributed by atoms with Gasteiger partial charge in [-0.3, -0.25) is 9.59 Å². The van der Waals surface area contributed by atoms with Crippen LogP contribution in [0.5, 0.6) is 0 Å². The fourth-order valence-electron chi connectivity index (χ4n) is 1.75. The SMILES string of the molecule is CCS(=O)(=O)C1CSCCN1C(=O)C(C)(C)C(=O)O. The van der Waals surface area contributed by atoms with Crippen molar-refractivity contribution in [2.75, 3.05) is 23.8 Å². The summed E-state index contributed by atoms with van der Waals surface area (Å²) in [4.78, 5) is 24.6. The topological polar surface area (TPSA) is 91.8 Å². The smallest absolute Gasteiger partial charge is 0.318 e. The predicted molar refractivity (Wildman–Crippen MR) is 73.7 cm³/mol. The number of carbonyl (C=O) groups excluding carboxylic acids is 1. The quantitative estimate of drug-likeness (QED) is 0.757. The summed E-state index contributed by atoms with van der Waals surface area (Å²) in [6.45, 7) is 4.40. The first-order valence-electron chi connectivity index (χ1n) is 5.98. The van der Waals surface area contributed by atoms with Crippen molar-refractivity contribution in [3.05, 3.63) is 0 Å². The van der Waals surface area contributed by atoms with E-state index in [4.69, 9.17) is 5.11 Å². The Labute approximate surface area is 117 Å². The van der Waals surface area contributed by atoms with E-state index in [0.717, 1.165) is 0 Å². The van der Waals surface area contributed by atoms with Crippen molar-refractivity contribution in [1.29, 1.82) is 0 Å².